The molecule has 156 valence electrons. The molecule has 0 saturated heterocycles. The van der Waals surface area contributed by atoms with Gasteiger partial charge in [0.25, 0.3) is 11.6 Å². The van der Waals surface area contributed by atoms with Crippen molar-refractivity contribution in [2.45, 2.75) is 39.5 Å². The number of non-ortho nitro benzene ring substituents is 1. The molecule has 0 radical (unpaired) electrons. The fourth-order valence-corrected chi connectivity index (χ4v) is 2.85. The molecule has 2 aromatic rings. The van der Waals surface area contributed by atoms with Crippen molar-refractivity contribution in [3.63, 3.8) is 0 Å². The topological polar surface area (TPSA) is 122 Å². The molecule has 1 N–H and O–H groups in total. The summed E-state index contributed by atoms with van der Waals surface area (Å²) in [5, 5.41) is 22.4. The highest BCUT2D eigenvalue weighted by molar-refractivity contribution is 5.97. The number of nitriles is 1. The van der Waals surface area contributed by atoms with Crippen LogP contribution in [0.2, 0.25) is 0 Å². The van der Waals surface area contributed by atoms with Crippen molar-refractivity contribution in [3.05, 3.63) is 68.8 Å². The molecule has 1 amide bonds. The Morgan fingerprint density at radius 3 is 2.40 bits per heavy atom. The number of hydrogen-bond acceptors (Lipinski definition) is 6. The fraction of sp³-hybridized carbons (Fsp3) is 0.318. The standard InChI is InChI=1S/C22H23N3O5/c1-13(2)15-5-7-18(19(10-15)14(3)4)22(27)30-12-21(26)24-20-8-6-17(25(28)29)9-16(20)11-23/h5-10,13-14H,12H2,1-4H3,(H,24,26). The number of nitrogens with zero attached hydrogens (tertiary/aromatic N) is 2. The van der Waals surface area contributed by atoms with E-state index in [9.17, 15) is 19.7 Å². The van der Waals surface area contributed by atoms with Gasteiger partial charge < -0.3 is 10.1 Å². The third-order valence-corrected chi connectivity index (χ3v) is 4.53. The second-order valence-electron chi connectivity index (χ2n) is 7.38. The van der Waals surface area contributed by atoms with Crippen LogP contribution in [0.25, 0.3) is 0 Å². The van der Waals surface area contributed by atoms with Crippen LogP contribution in [-0.2, 0) is 9.53 Å². The molecule has 0 atom stereocenters. The average Bonchev–Trinajstić information content (AvgIpc) is 2.71. The summed E-state index contributed by atoms with van der Waals surface area (Å²) in [5.41, 5.74) is 2.13. The van der Waals surface area contributed by atoms with E-state index in [0.29, 0.717) is 11.5 Å². The van der Waals surface area contributed by atoms with Crippen molar-refractivity contribution < 1.29 is 19.2 Å². The molecule has 0 aliphatic heterocycles. The lowest BCUT2D eigenvalue weighted by Gasteiger charge is -2.15. The van der Waals surface area contributed by atoms with Crippen molar-refractivity contribution in [1.29, 1.82) is 5.26 Å². The molecule has 0 aromatic heterocycles. The Labute approximate surface area is 174 Å². The number of nitrogens with one attached hydrogen (secondary N) is 1. The van der Waals surface area contributed by atoms with Crippen LogP contribution in [0.1, 0.15) is 66.6 Å². The van der Waals surface area contributed by atoms with E-state index in [4.69, 9.17) is 10.00 Å². The zero-order valence-corrected chi connectivity index (χ0v) is 17.3. The lowest BCUT2D eigenvalue weighted by Crippen LogP contribution is -2.22. The number of carbonyl (C=O) groups is 2. The van der Waals surface area contributed by atoms with Crippen molar-refractivity contribution in [3.8, 4) is 6.07 Å². The first kappa shape index (κ1) is 22.6. The molecule has 0 bridgehead atoms. The Morgan fingerprint density at radius 2 is 1.83 bits per heavy atom. The molecule has 0 saturated carbocycles. The van der Waals surface area contributed by atoms with Gasteiger partial charge in [0.2, 0.25) is 0 Å². The maximum atomic E-state index is 12.5. The van der Waals surface area contributed by atoms with Gasteiger partial charge in [0.15, 0.2) is 6.61 Å². The monoisotopic (exact) mass is 409 g/mol. The van der Waals surface area contributed by atoms with Crippen molar-refractivity contribution in [2.24, 2.45) is 0 Å². The molecule has 0 aliphatic carbocycles. The van der Waals surface area contributed by atoms with Gasteiger partial charge in [0.1, 0.15) is 6.07 Å². The van der Waals surface area contributed by atoms with Crippen LogP contribution in [0.5, 0.6) is 0 Å². The highest BCUT2D eigenvalue weighted by atomic mass is 16.6. The van der Waals surface area contributed by atoms with Crippen LogP contribution in [0.3, 0.4) is 0 Å². The normalized spacial score (nSPS) is 10.6. The quantitative estimate of drug-likeness (QED) is 0.408. The predicted octanol–water partition coefficient (Wildman–Crippen LogP) is 4.51. The van der Waals surface area contributed by atoms with Crippen LogP contribution >= 0.6 is 0 Å². The summed E-state index contributed by atoms with van der Waals surface area (Å²) < 4.78 is 5.15. The minimum Gasteiger partial charge on any atom is -0.452 e. The van der Waals surface area contributed by atoms with Crippen molar-refractivity contribution >= 4 is 23.3 Å². The first-order valence-electron chi connectivity index (χ1n) is 9.43. The van der Waals surface area contributed by atoms with Gasteiger partial charge in [0, 0.05) is 12.1 Å². The molecule has 30 heavy (non-hydrogen) atoms. The zero-order valence-electron chi connectivity index (χ0n) is 17.3. The SMILES string of the molecule is CC(C)c1ccc(C(=O)OCC(=O)Nc2ccc([N+](=O)[O-])cc2C#N)c(C(C)C)c1. The van der Waals surface area contributed by atoms with E-state index in [2.05, 4.69) is 19.2 Å². The van der Waals surface area contributed by atoms with E-state index >= 15 is 0 Å². The highest BCUT2D eigenvalue weighted by Gasteiger charge is 2.19. The number of amides is 1. The Hall–Kier alpha value is -3.73. The van der Waals surface area contributed by atoms with Crippen LogP contribution < -0.4 is 5.32 Å². The number of benzene rings is 2. The minimum atomic E-state index is -0.654. The van der Waals surface area contributed by atoms with E-state index in [1.807, 2.05) is 26.0 Å². The average molecular weight is 409 g/mol. The number of rotatable bonds is 7. The Morgan fingerprint density at radius 1 is 1.13 bits per heavy atom. The van der Waals surface area contributed by atoms with Gasteiger partial charge in [-0.15, -0.1) is 0 Å². The van der Waals surface area contributed by atoms with E-state index in [0.717, 1.165) is 17.2 Å². The third kappa shape index (κ3) is 5.41. The molecule has 0 fully saturated rings. The van der Waals surface area contributed by atoms with Gasteiger partial charge in [-0.1, -0.05) is 39.8 Å². The van der Waals surface area contributed by atoms with E-state index in [-0.39, 0.29) is 22.9 Å². The third-order valence-electron chi connectivity index (χ3n) is 4.53. The van der Waals surface area contributed by atoms with Crippen LogP contribution in [-0.4, -0.2) is 23.4 Å². The fourth-order valence-electron chi connectivity index (χ4n) is 2.85. The Balaban J connectivity index is 2.09. The summed E-state index contributed by atoms with van der Waals surface area (Å²) in [6, 6.07) is 10.8. The van der Waals surface area contributed by atoms with Gasteiger partial charge in [0.05, 0.1) is 21.7 Å². The number of ether oxygens (including phenoxy) is 1. The number of esters is 1. The van der Waals surface area contributed by atoms with Crippen LogP contribution in [0.4, 0.5) is 11.4 Å². The maximum Gasteiger partial charge on any atom is 0.338 e. The Kier molecular flexibility index (Phi) is 7.26. The molecule has 8 nitrogen and oxygen atoms in total. The number of nitro groups is 1. The molecular formula is C22H23N3O5. The van der Waals surface area contributed by atoms with Gasteiger partial charge in [-0.25, -0.2) is 4.79 Å². The summed E-state index contributed by atoms with van der Waals surface area (Å²) in [4.78, 5) is 34.9. The summed E-state index contributed by atoms with van der Waals surface area (Å²) in [6.45, 7) is 7.52. The van der Waals surface area contributed by atoms with E-state index in [1.165, 1.54) is 12.1 Å². The first-order chi connectivity index (χ1) is 14.1. The first-order valence-corrected chi connectivity index (χ1v) is 9.43. The van der Waals surface area contributed by atoms with Gasteiger partial charge in [-0.3, -0.25) is 14.9 Å². The second kappa shape index (κ2) is 9.65. The smallest absolute Gasteiger partial charge is 0.338 e. The van der Waals surface area contributed by atoms with E-state index in [1.54, 1.807) is 12.1 Å². The summed E-state index contributed by atoms with van der Waals surface area (Å²) in [5.74, 6) is -0.861. The number of carbonyl (C=O) groups excluding carboxylic acids is 2. The van der Waals surface area contributed by atoms with E-state index < -0.39 is 23.4 Å². The molecule has 2 rings (SSSR count). The highest BCUT2D eigenvalue weighted by Crippen LogP contribution is 2.26. The molecular weight excluding hydrogens is 386 g/mol. The molecule has 8 heteroatoms. The predicted molar refractivity (Wildman–Crippen MR) is 111 cm³/mol. The van der Waals surface area contributed by atoms with Gasteiger partial charge in [-0.2, -0.15) is 5.26 Å². The summed E-state index contributed by atoms with van der Waals surface area (Å²) >= 11 is 0. The number of hydrogen-bond donors (Lipinski definition) is 1. The second-order valence-corrected chi connectivity index (χ2v) is 7.38. The molecule has 2 aromatic carbocycles. The molecule has 0 aliphatic rings. The van der Waals surface area contributed by atoms with Crippen molar-refractivity contribution in [2.75, 3.05) is 11.9 Å². The van der Waals surface area contributed by atoms with Crippen LogP contribution in [0, 0.1) is 21.4 Å². The zero-order chi connectivity index (χ0) is 22.4. The van der Waals surface area contributed by atoms with Gasteiger partial charge in [-0.05, 0) is 35.1 Å². The number of nitro benzene ring substituents is 1. The molecule has 0 heterocycles. The summed E-state index contributed by atoms with van der Waals surface area (Å²) in [7, 11) is 0. The molecule has 0 spiro atoms. The summed E-state index contributed by atoms with van der Waals surface area (Å²) in [6.07, 6.45) is 0. The Bertz CT molecular complexity index is 1020. The lowest BCUT2D eigenvalue weighted by atomic mass is 9.91. The minimum absolute atomic E-state index is 0.0600. The van der Waals surface area contributed by atoms with Crippen LogP contribution in [0.15, 0.2) is 36.4 Å². The van der Waals surface area contributed by atoms with Crippen molar-refractivity contribution in [1.82, 2.24) is 0 Å². The largest absolute Gasteiger partial charge is 0.452 e. The van der Waals surface area contributed by atoms with Gasteiger partial charge >= 0.3 is 5.97 Å². The molecule has 0 unspecified atom stereocenters. The lowest BCUT2D eigenvalue weighted by molar-refractivity contribution is -0.384. The maximum absolute atomic E-state index is 12.5. The number of anilines is 1.